The van der Waals surface area contributed by atoms with Crippen LogP contribution < -0.4 is 5.32 Å². The molecule has 0 radical (unpaired) electrons. The number of hydrogen-bond donors (Lipinski definition) is 1. The van der Waals surface area contributed by atoms with Crippen molar-refractivity contribution in [1.29, 1.82) is 0 Å². The number of ketones is 1. The van der Waals surface area contributed by atoms with Gasteiger partial charge in [0.05, 0.1) is 6.42 Å². The summed E-state index contributed by atoms with van der Waals surface area (Å²) in [5, 5.41) is 2.94. The van der Waals surface area contributed by atoms with Crippen molar-refractivity contribution in [2.45, 2.75) is 65.3 Å². The molecular weight excluding hydrogens is 338 g/mol. The first kappa shape index (κ1) is 19.6. The lowest BCUT2D eigenvalue weighted by atomic mass is 9.86. The van der Waals surface area contributed by atoms with Crippen molar-refractivity contribution >= 4 is 29.0 Å². The van der Waals surface area contributed by atoms with Gasteiger partial charge in [-0.15, -0.1) is 11.3 Å². The number of esters is 1. The summed E-state index contributed by atoms with van der Waals surface area (Å²) in [5.74, 6) is -0.366. The van der Waals surface area contributed by atoms with Crippen molar-refractivity contribution in [2.75, 3.05) is 6.61 Å². The Bertz CT molecular complexity index is 637. The van der Waals surface area contributed by atoms with Crippen molar-refractivity contribution in [2.24, 2.45) is 5.92 Å². The van der Waals surface area contributed by atoms with Crippen molar-refractivity contribution in [3.63, 3.8) is 0 Å². The maximum Gasteiger partial charge on any atom is 0.306 e. The third-order valence-electron chi connectivity index (χ3n) is 4.72. The lowest BCUT2D eigenvalue weighted by molar-refractivity contribution is -0.148. The molecule has 0 aliphatic heterocycles. The highest BCUT2D eigenvalue weighted by atomic mass is 32.1. The Balaban J connectivity index is 1.69. The Labute approximate surface area is 153 Å². The molecule has 1 aliphatic carbocycles. The van der Waals surface area contributed by atoms with Crippen LogP contribution in [0.5, 0.6) is 0 Å². The predicted molar refractivity (Wildman–Crippen MR) is 97.9 cm³/mol. The van der Waals surface area contributed by atoms with Gasteiger partial charge in [0.2, 0.25) is 0 Å². The molecule has 5 nitrogen and oxygen atoms in total. The minimum Gasteiger partial charge on any atom is -0.456 e. The Morgan fingerprint density at radius 1 is 1.20 bits per heavy atom. The molecular formula is C19H27NO4S. The Morgan fingerprint density at radius 3 is 2.56 bits per heavy atom. The molecule has 0 unspecified atom stereocenters. The molecule has 1 aliphatic rings. The maximum absolute atomic E-state index is 12.1. The first-order valence-electron chi connectivity index (χ1n) is 8.92. The molecule has 1 aromatic rings. The molecule has 1 aromatic heterocycles. The maximum atomic E-state index is 12.1. The van der Waals surface area contributed by atoms with Crippen molar-refractivity contribution < 1.29 is 19.1 Å². The smallest absolute Gasteiger partial charge is 0.306 e. The number of carbonyl (C=O) groups is 3. The van der Waals surface area contributed by atoms with Crippen molar-refractivity contribution in [3.05, 3.63) is 21.4 Å². The van der Waals surface area contributed by atoms with E-state index in [0.29, 0.717) is 11.5 Å². The summed E-state index contributed by atoms with van der Waals surface area (Å²) < 4.78 is 5.00. The highest BCUT2D eigenvalue weighted by Gasteiger charge is 2.23. The van der Waals surface area contributed by atoms with Crippen LogP contribution in [-0.4, -0.2) is 30.3 Å². The fourth-order valence-electron chi connectivity index (χ4n) is 3.26. The van der Waals surface area contributed by atoms with Gasteiger partial charge < -0.3 is 10.1 Å². The van der Waals surface area contributed by atoms with Crippen LogP contribution in [0, 0.1) is 19.8 Å². The lowest BCUT2D eigenvalue weighted by Gasteiger charge is -2.29. The minimum atomic E-state index is -0.509. The zero-order valence-electron chi connectivity index (χ0n) is 15.2. The molecule has 0 aromatic carbocycles. The standard InChI is InChI=1S/C19H27NO4S/c1-12-6-4-5-7-16(12)20-18(22)11-24-19(23)9-8-17(21)15-10-13(2)25-14(15)3/h10,12,16H,4-9,11H2,1-3H3,(H,20,22)/t12-,16-/m1/s1. The number of rotatable bonds is 7. The van der Waals surface area contributed by atoms with Gasteiger partial charge in [-0.2, -0.15) is 0 Å². The van der Waals surface area contributed by atoms with E-state index in [2.05, 4.69) is 12.2 Å². The molecule has 1 heterocycles. The summed E-state index contributed by atoms with van der Waals surface area (Å²) in [6.07, 6.45) is 4.54. The number of ether oxygens (including phenoxy) is 1. The Morgan fingerprint density at radius 2 is 1.92 bits per heavy atom. The average molecular weight is 365 g/mol. The first-order valence-corrected chi connectivity index (χ1v) is 9.73. The van der Waals surface area contributed by atoms with Gasteiger partial charge in [-0.25, -0.2) is 0 Å². The Kier molecular flexibility index (Phi) is 7.17. The van der Waals surface area contributed by atoms with Crippen LogP contribution >= 0.6 is 11.3 Å². The van der Waals surface area contributed by atoms with Crippen LogP contribution in [0.4, 0.5) is 0 Å². The number of thiophene rings is 1. The van der Waals surface area contributed by atoms with Crippen LogP contribution in [0.25, 0.3) is 0 Å². The van der Waals surface area contributed by atoms with E-state index in [-0.39, 0.29) is 37.2 Å². The van der Waals surface area contributed by atoms with Gasteiger partial charge >= 0.3 is 5.97 Å². The predicted octanol–water partition coefficient (Wildman–Crippen LogP) is 3.57. The van der Waals surface area contributed by atoms with Crippen LogP contribution in [0.3, 0.4) is 0 Å². The number of amides is 1. The van der Waals surface area contributed by atoms with Gasteiger partial charge in [0.1, 0.15) is 0 Å². The SMILES string of the molecule is Cc1cc(C(=O)CCC(=O)OCC(=O)N[C@@H]2CCCC[C@H]2C)c(C)s1. The van der Waals surface area contributed by atoms with Crippen LogP contribution in [-0.2, 0) is 14.3 Å². The van der Waals surface area contributed by atoms with E-state index in [9.17, 15) is 14.4 Å². The summed E-state index contributed by atoms with van der Waals surface area (Å²) in [5.41, 5.74) is 0.680. The third kappa shape index (κ3) is 5.96. The van der Waals surface area contributed by atoms with Gasteiger partial charge in [-0.05, 0) is 38.7 Å². The second-order valence-corrected chi connectivity index (χ2v) is 8.31. The van der Waals surface area contributed by atoms with Crippen molar-refractivity contribution in [3.8, 4) is 0 Å². The number of Topliss-reactive ketones (excluding diaryl/α,β-unsaturated/α-hetero) is 1. The largest absolute Gasteiger partial charge is 0.456 e. The third-order valence-corrected chi connectivity index (χ3v) is 5.69. The lowest BCUT2D eigenvalue weighted by Crippen LogP contribution is -2.42. The number of nitrogens with one attached hydrogen (secondary N) is 1. The molecule has 1 amide bonds. The molecule has 1 N–H and O–H groups in total. The average Bonchev–Trinajstić information content (AvgIpc) is 2.91. The van der Waals surface area contributed by atoms with Gasteiger partial charge in [-0.3, -0.25) is 14.4 Å². The number of aryl methyl sites for hydroxylation is 2. The van der Waals surface area contributed by atoms with E-state index in [1.807, 2.05) is 19.9 Å². The second kappa shape index (κ2) is 9.13. The highest BCUT2D eigenvalue weighted by Crippen LogP contribution is 2.24. The molecule has 2 atom stereocenters. The molecule has 0 bridgehead atoms. The molecule has 0 saturated heterocycles. The summed E-state index contributed by atoms with van der Waals surface area (Å²) >= 11 is 1.57. The van der Waals surface area contributed by atoms with Gasteiger partial charge in [0.25, 0.3) is 5.91 Å². The van der Waals surface area contributed by atoms with E-state index in [4.69, 9.17) is 4.74 Å². The number of hydrogen-bond acceptors (Lipinski definition) is 5. The van der Waals surface area contributed by atoms with Crippen LogP contribution in [0.15, 0.2) is 6.07 Å². The van der Waals surface area contributed by atoms with Gasteiger partial charge in [0.15, 0.2) is 12.4 Å². The summed E-state index contributed by atoms with van der Waals surface area (Å²) in [6.45, 7) is 5.72. The monoisotopic (exact) mass is 365 g/mol. The number of carbonyl (C=O) groups excluding carboxylic acids is 3. The summed E-state index contributed by atoms with van der Waals surface area (Å²) in [6, 6.07) is 2.03. The zero-order valence-corrected chi connectivity index (χ0v) is 16.0. The molecule has 6 heteroatoms. The van der Waals surface area contributed by atoms with Crippen molar-refractivity contribution in [1.82, 2.24) is 5.32 Å². The Hall–Kier alpha value is -1.69. The summed E-state index contributed by atoms with van der Waals surface area (Å²) in [4.78, 5) is 37.9. The topological polar surface area (TPSA) is 72.5 Å². The fraction of sp³-hybridized carbons (Fsp3) is 0.632. The molecule has 0 spiro atoms. The molecule has 2 rings (SSSR count). The van der Waals surface area contributed by atoms with E-state index in [1.54, 1.807) is 11.3 Å². The fourth-order valence-corrected chi connectivity index (χ4v) is 4.20. The molecule has 1 saturated carbocycles. The molecule has 1 fully saturated rings. The van der Waals surface area contributed by atoms with E-state index < -0.39 is 5.97 Å². The normalized spacial score (nSPS) is 20.1. The zero-order chi connectivity index (χ0) is 18.4. The van der Waals surface area contributed by atoms with E-state index >= 15 is 0 Å². The summed E-state index contributed by atoms with van der Waals surface area (Å²) in [7, 11) is 0. The first-order chi connectivity index (χ1) is 11.9. The van der Waals surface area contributed by atoms with Gasteiger partial charge in [-0.1, -0.05) is 19.8 Å². The van der Waals surface area contributed by atoms with Crippen LogP contribution in [0.2, 0.25) is 0 Å². The minimum absolute atomic E-state index is 0.000277. The molecule has 25 heavy (non-hydrogen) atoms. The highest BCUT2D eigenvalue weighted by molar-refractivity contribution is 7.12. The van der Waals surface area contributed by atoms with Crippen LogP contribution in [0.1, 0.15) is 65.6 Å². The van der Waals surface area contributed by atoms with Gasteiger partial charge in [0, 0.05) is 27.8 Å². The quantitative estimate of drug-likeness (QED) is 0.592. The molecule has 138 valence electrons. The second-order valence-electron chi connectivity index (χ2n) is 6.85. The van der Waals surface area contributed by atoms with E-state index in [1.165, 1.54) is 6.42 Å². The van der Waals surface area contributed by atoms with E-state index in [0.717, 1.165) is 29.0 Å².